The van der Waals surface area contributed by atoms with Crippen molar-refractivity contribution >= 4 is 22.9 Å². The van der Waals surface area contributed by atoms with Crippen LogP contribution in [0.25, 0.3) is 5.57 Å². The normalized spacial score (nSPS) is 12.1. The molecule has 0 bridgehead atoms. The van der Waals surface area contributed by atoms with Crippen LogP contribution >= 0.6 is 11.3 Å². The van der Waals surface area contributed by atoms with Crippen molar-refractivity contribution in [1.29, 1.82) is 0 Å². The van der Waals surface area contributed by atoms with Crippen molar-refractivity contribution in [2.24, 2.45) is 5.92 Å². The van der Waals surface area contributed by atoms with Crippen LogP contribution in [0.5, 0.6) is 0 Å². The first-order valence-electron chi connectivity index (χ1n) is 6.52. The predicted octanol–water partition coefficient (Wildman–Crippen LogP) is 4.60. The maximum atomic E-state index is 10.6. The molecule has 1 N–H and O–H groups in total. The summed E-state index contributed by atoms with van der Waals surface area (Å²) < 4.78 is 0. The van der Waals surface area contributed by atoms with Crippen LogP contribution < -0.4 is 0 Å². The quantitative estimate of drug-likeness (QED) is 0.782. The number of hydrogen-bond donors (Lipinski definition) is 1. The summed E-state index contributed by atoms with van der Waals surface area (Å²) in [5.74, 6) is -0.100. The largest absolute Gasteiger partial charge is 0.481 e. The van der Waals surface area contributed by atoms with E-state index in [2.05, 4.69) is 32.9 Å². The predicted molar refractivity (Wildman–Crippen MR) is 78.0 cm³/mol. The fourth-order valence-corrected chi connectivity index (χ4v) is 3.16. The highest BCUT2D eigenvalue weighted by Gasteiger charge is 2.07. The molecule has 0 aliphatic heterocycles. The second-order valence-electron chi connectivity index (χ2n) is 4.94. The molecule has 0 saturated heterocycles. The van der Waals surface area contributed by atoms with Crippen LogP contribution in [0.4, 0.5) is 0 Å². The number of allylic oxidation sites excluding steroid dienone is 1. The summed E-state index contributed by atoms with van der Waals surface area (Å²) in [7, 11) is 0. The Morgan fingerprint density at radius 3 is 2.72 bits per heavy atom. The number of thiophene rings is 1. The average Bonchev–Trinajstić information content (AvgIpc) is 2.71. The number of carboxylic acids is 1. The Morgan fingerprint density at radius 2 is 2.17 bits per heavy atom. The third-order valence-corrected chi connectivity index (χ3v) is 3.81. The summed E-state index contributed by atoms with van der Waals surface area (Å²) in [6, 6.07) is 4.30. The molecule has 0 radical (unpaired) electrons. The Bertz CT molecular complexity index is 416. The molecule has 1 aromatic rings. The van der Waals surface area contributed by atoms with Crippen molar-refractivity contribution in [3.05, 3.63) is 28.0 Å². The number of aliphatic carboxylic acids is 1. The molecule has 0 aliphatic rings. The zero-order valence-electron chi connectivity index (χ0n) is 11.4. The SMILES string of the molecule is CCC/C(=C\CC(=O)O)c1ccc(CC(C)C)s1. The summed E-state index contributed by atoms with van der Waals surface area (Å²) in [4.78, 5) is 13.3. The molecule has 3 heteroatoms. The van der Waals surface area contributed by atoms with Crippen molar-refractivity contribution in [1.82, 2.24) is 0 Å². The number of carbonyl (C=O) groups is 1. The van der Waals surface area contributed by atoms with Crippen LogP contribution in [-0.4, -0.2) is 11.1 Å². The van der Waals surface area contributed by atoms with Crippen LogP contribution in [0.15, 0.2) is 18.2 Å². The van der Waals surface area contributed by atoms with Gasteiger partial charge in [-0.15, -0.1) is 11.3 Å². The van der Waals surface area contributed by atoms with E-state index in [4.69, 9.17) is 5.11 Å². The van der Waals surface area contributed by atoms with Crippen LogP contribution in [0.3, 0.4) is 0 Å². The van der Waals surface area contributed by atoms with Gasteiger partial charge in [0.05, 0.1) is 6.42 Å². The smallest absolute Gasteiger partial charge is 0.307 e. The van der Waals surface area contributed by atoms with E-state index in [0.717, 1.165) is 19.3 Å². The summed E-state index contributed by atoms with van der Waals surface area (Å²) in [5, 5.41) is 8.76. The van der Waals surface area contributed by atoms with Gasteiger partial charge in [-0.05, 0) is 36.5 Å². The van der Waals surface area contributed by atoms with E-state index in [1.807, 2.05) is 6.08 Å². The Kier molecular flexibility index (Phi) is 6.13. The minimum absolute atomic E-state index is 0.118. The minimum atomic E-state index is -0.762. The van der Waals surface area contributed by atoms with E-state index in [1.54, 1.807) is 11.3 Å². The highest BCUT2D eigenvalue weighted by molar-refractivity contribution is 7.13. The maximum absolute atomic E-state index is 10.6. The second kappa shape index (κ2) is 7.37. The highest BCUT2D eigenvalue weighted by Crippen LogP contribution is 2.29. The van der Waals surface area contributed by atoms with Crippen LogP contribution in [0, 0.1) is 5.92 Å². The molecule has 0 aliphatic carbocycles. The lowest BCUT2D eigenvalue weighted by Crippen LogP contribution is -1.92. The zero-order valence-corrected chi connectivity index (χ0v) is 12.2. The van der Waals surface area contributed by atoms with Gasteiger partial charge < -0.3 is 5.11 Å². The summed E-state index contributed by atoms with van der Waals surface area (Å²) in [5.41, 5.74) is 1.18. The molecule has 1 heterocycles. The molecule has 0 fully saturated rings. The van der Waals surface area contributed by atoms with Crippen molar-refractivity contribution in [2.45, 2.75) is 46.5 Å². The summed E-state index contributed by atoms with van der Waals surface area (Å²) in [6.45, 7) is 6.55. The number of hydrogen-bond acceptors (Lipinski definition) is 2. The fourth-order valence-electron chi connectivity index (χ4n) is 1.87. The fraction of sp³-hybridized carbons (Fsp3) is 0.533. The lowest BCUT2D eigenvalue weighted by Gasteiger charge is -2.03. The molecule has 100 valence electrons. The molecular weight excluding hydrogens is 244 g/mol. The van der Waals surface area contributed by atoms with Crippen LogP contribution in [0.2, 0.25) is 0 Å². The van der Waals surface area contributed by atoms with E-state index in [0.29, 0.717) is 5.92 Å². The van der Waals surface area contributed by atoms with Crippen molar-refractivity contribution in [3.8, 4) is 0 Å². The lowest BCUT2D eigenvalue weighted by atomic mass is 10.1. The molecule has 0 aromatic carbocycles. The third kappa shape index (κ3) is 5.05. The molecule has 1 aromatic heterocycles. The van der Waals surface area contributed by atoms with Gasteiger partial charge in [-0.3, -0.25) is 4.79 Å². The highest BCUT2D eigenvalue weighted by atomic mass is 32.1. The molecule has 0 amide bonds. The van der Waals surface area contributed by atoms with Crippen molar-refractivity contribution in [2.75, 3.05) is 0 Å². The van der Waals surface area contributed by atoms with E-state index < -0.39 is 5.97 Å². The molecular formula is C15H22O2S. The zero-order chi connectivity index (χ0) is 13.5. The second-order valence-corrected chi connectivity index (χ2v) is 6.11. The molecule has 0 unspecified atom stereocenters. The average molecular weight is 266 g/mol. The molecule has 0 atom stereocenters. The number of carboxylic acid groups (broad SMARTS) is 1. The number of rotatable bonds is 7. The summed E-state index contributed by atoms with van der Waals surface area (Å²) in [6.07, 6.45) is 5.07. The van der Waals surface area contributed by atoms with Gasteiger partial charge in [0, 0.05) is 9.75 Å². The first-order chi connectivity index (χ1) is 8.52. The van der Waals surface area contributed by atoms with Gasteiger partial charge >= 0.3 is 5.97 Å². The summed E-state index contributed by atoms with van der Waals surface area (Å²) >= 11 is 1.80. The standard InChI is InChI=1S/C15H22O2S/c1-4-5-12(6-9-15(16)17)14-8-7-13(18-14)10-11(2)3/h6-8,11H,4-5,9-10H2,1-3H3,(H,16,17)/b12-6+. The van der Waals surface area contributed by atoms with Gasteiger partial charge in [0.25, 0.3) is 0 Å². The molecule has 1 rings (SSSR count). The van der Waals surface area contributed by atoms with Crippen molar-refractivity contribution < 1.29 is 9.90 Å². The van der Waals surface area contributed by atoms with Gasteiger partial charge in [0.2, 0.25) is 0 Å². The van der Waals surface area contributed by atoms with Gasteiger partial charge in [0.15, 0.2) is 0 Å². The first-order valence-corrected chi connectivity index (χ1v) is 7.34. The minimum Gasteiger partial charge on any atom is -0.481 e. The van der Waals surface area contributed by atoms with Gasteiger partial charge in [-0.2, -0.15) is 0 Å². The van der Waals surface area contributed by atoms with E-state index >= 15 is 0 Å². The Balaban J connectivity index is 2.82. The topological polar surface area (TPSA) is 37.3 Å². The third-order valence-electron chi connectivity index (χ3n) is 2.63. The molecule has 2 nitrogen and oxygen atoms in total. The Morgan fingerprint density at radius 1 is 1.44 bits per heavy atom. The first kappa shape index (κ1) is 15.0. The molecule has 18 heavy (non-hydrogen) atoms. The van der Waals surface area contributed by atoms with Crippen molar-refractivity contribution in [3.63, 3.8) is 0 Å². The van der Waals surface area contributed by atoms with E-state index in [9.17, 15) is 4.79 Å². The van der Waals surface area contributed by atoms with Gasteiger partial charge in [0.1, 0.15) is 0 Å². The Hall–Kier alpha value is -1.09. The van der Waals surface area contributed by atoms with Gasteiger partial charge in [-0.25, -0.2) is 0 Å². The maximum Gasteiger partial charge on any atom is 0.307 e. The van der Waals surface area contributed by atoms with E-state index in [1.165, 1.54) is 15.3 Å². The van der Waals surface area contributed by atoms with Gasteiger partial charge in [-0.1, -0.05) is 33.3 Å². The molecule has 0 saturated carbocycles. The van der Waals surface area contributed by atoms with Crippen LogP contribution in [0.1, 0.15) is 49.8 Å². The molecule has 0 spiro atoms. The lowest BCUT2D eigenvalue weighted by molar-refractivity contribution is -0.135. The van der Waals surface area contributed by atoms with E-state index in [-0.39, 0.29) is 6.42 Å². The monoisotopic (exact) mass is 266 g/mol. The Labute approximate surface area is 113 Å². The van der Waals surface area contributed by atoms with Crippen LogP contribution in [-0.2, 0) is 11.2 Å².